The second kappa shape index (κ2) is 6.82. The second-order valence-electron chi connectivity index (χ2n) is 6.67. The molecule has 0 amide bonds. The zero-order chi connectivity index (χ0) is 20.8. The van der Waals surface area contributed by atoms with Crippen LogP contribution in [0.25, 0.3) is 16.6 Å². The van der Waals surface area contributed by atoms with Crippen LogP contribution in [0.1, 0.15) is 11.5 Å². The normalized spacial score (nSPS) is 11.7. The molecule has 3 aromatic heterocycles. The smallest absolute Gasteiger partial charge is 0.273 e. The maximum Gasteiger partial charge on any atom is 0.273 e. The molecule has 0 fully saturated rings. The van der Waals surface area contributed by atoms with Crippen LogP contribution < -0.4 is 10.9 Å². The molecule has 0 radical (unpaired) electrons. The molecule has 4 rings (SSSR count). The molecule has 0 aliphatic carbocycles. The molecule has 0 unspecified atom stereocenters. The number of aromatic amines is 1. The summed E-state index contributed by atoms with van der Waals surface area (Å²) in [6, 6.07) is 9.93. The Labute approximate surface area is 166 Å². The van der Waals surface area contributed by atoms with Crippen LogP contribution in [0.3, 0.4) is 0 Å². The van der Waals surface area contributed by atoms with Crippen LogP contribution in [0.2, 0.25) is 0 Å². The molecule has 148 valence electrons. The quantitative estimate of drug-likeness (QED) is 0.529. The number of aromatic nitrogens is 5. The minimum absolute atomic E-state index is 0.113. The van der Waals surface area contributed by atoms with Gasteiger partial charge in [-0.15, -0.1) is 0 Å². The Hall–Kier alpha value is -3.53. The average molecular weight is 410 g/mol. The molecule has 9 nitrogen and oxygen atoms in total. The van der Waals surface area contributed by atoms with Gasteiger partial charge in [0.1, 0.15) is 17.5 Å². The molecule has 0 spiro atoms. The summed E-state index contributed by atoms with van der Waals surface area (Å²) in [5, 5.41) is 6.14. The summed E-state index contributed by atoms with van der Waals surface area (Å²) < 4.78 is 25.9. The Morgan fingerprint density at radius 2 is 1.83 bits per heavy atom. The molecular formula is C19H18N6O3S. The monoisotopic (exact) mass is 410 g/mol. The number of nitrogens with zero attached hydrogens (tertiary/aromatic N) is 4. The molecule has 0 aliphatic rings. The molecule has 0 bridgehead atoms. The van der Waals surface area contributed by atoms with Crippen LogP contribution in [0, 0.1) is 13.8 Å². The van der Waals surface area contributed by atoms with E-state index in [9.17, 15) is 13.2 Å². The van der Waals surface area contributed by atoms with E-state index in [2.05, 4.69) is 25.4 Å². The highest BCUT2D eigenvalue weighted by Crippen LogP contribution is 2.24. The number of pyridine rings is 1. The number of para-hydroxylation sites is 1. The van der Waals surface area contributed by atoms with Gasteiger partial charge in [0.2, 0.25) is 0 Å². The summed E-state index contributed by atoms with van der Waals surface area (Å²) in [5.74, 6) is 1.65. The number of hydrogen-bond acceptors (Lipinski definition) is 7. The zero-order valence-corrected chi connectivity index (χ0v) is 16.8. The van der Waals surface area contributed by atoms with Gasteiger partial charge in [-0.2, -0.15) is 0 Å². The fraction of sp³-hybridized carbons (Fsp3) is 0.158. The standard InChI is InChI=1S/C19H18N6O3S/c1-11-8-18(22-12(2)21-11)23-17-9-15-13(10-20-17)19(26)24-25(15)14-6-4-5-7-16(14)29(3,27)28/h4-10H,1-3H3,(H,24,26)(H,20,21,22,23). The maximum absolute atomic E-state index is 12.4. The van der Waals surface area contributed by atoms with Crippen LogP contribution in [-0.2, 0) is 9.84 Å². The summed E-state index contributed by atoms with van der Waals surface area (Å²) in [6.45, 7) is 3.66. The van der Waals surface area contributed by atoms with Crippen LogP contribution >= 0.6 is 0 Å². The number of hydrogen-bond donors (Lipinski definition) is 2. The van der Waals surface area contributed by atoms with E-state index in [1.807, 2.05) is 6.92 Å². The van der Waals surface area contributed by atoms with E-state index in [1.165, 1.54) is 16.9 Å². The van der Waals surface area contributed by atoms with Gasteiger partial charge in [0, 0.05) is 30.3 Å². The minimum Gasteiger partial charge on any atom is -0.325 e. The van der Waals surface area contributed by atoms with Gasteiger partial charge >= 0.3 is 0 Å². The Morgan fingerprint density at radius 3 is 2.55 bits per heavy atom. The van der Waals surface area contributed by atoms with E-state index in [0.29, 0.717) is 34.1 Å². The van der Waals surface area contributed by atoms with Crippen molar-refractivity contribution in [2.45, 2.75) is 18.7 Å². The fourth-order valence-electron chi connectivity index (χ4n) is 3.15. The molecule has 29 heavy (non-hydrogen) atoms. The first-order chi connectivity index (χ1) is 13.7. The molecule has 0 saturated carbocycles. The predicted molar refractivity (Wildman–Crippen MR) is 110 cm³/mol. The van der Waals surface area contributed by atoms with E-state index in [4.69, 9.17) is 0 Å². The molecule has 2 N–H and O–H groups in total. The van der Waals surface area contributed by atoms with Gasteiger partial charge in [0.05, 0.1) is 21.5 Å². The molecule has 0 saturated heterocycles. The van der Waals surface area contributed by atoms with Crippen LogP contribution in [0.5, 0.6) is 0 Å². The lowest BCUT2D eigenvalue weighted by Crippen LogP contribution is -2.08. The van der Waals surface area contributed by atoms with Crippen molar-refractivity contribution in [3.8, 4) is 5.69 Å². The number of aryl methyl sites for hydroxylation is 2. The maximum atomic E-state index is 12.4. The van der Waals surface area contributed by atoms with Crippen molar-refractivity contribution < 1.29 is 8.42 Å². The predicted octanol–water partition coefficient (Wildman–Crippen LogP) is 2.27. The van der Waals surface area contributed by atoms with Crippen molar-refractivity contribution in [2.75, 3.05) is 11.6 Å². The third-order valence-electron chi connectivity index (χ3n) is 4.31. The van der Waals surface area contributed by atoms with E-state index in [-0.39, 0.29) is 10.5 Å². The lowest BCUT2D eigenvalue weighted by Gasteiger charge is -2.11. The fourth-order valence-corrected chi connectivity index (χ4v) is 4.02. The van der Waals surface area contributed by atoms with Crippen LogP contribution in [0.15, 0.2) is 52.3 Å². The Morgan fingerprint density at radius 1 is 1.07 bits per heavy atom. The van der Waals surface area contributed by atoms with Gasteiger partial charge in [-0.25, -0.2) is 23.4 Å². The molecule has 3 heterocycles. The van der Waals surface area contributed by atoms with E-state index >= 15 is 0 Å². The summed E-state index contributed by atoms with van der Waals surface area (Å²) in [6.07, 6.45) is 2.57. The lowest BCUT2D eigenvalue weighted by molar-refractivity contribution is 0.601. The molecule has 4 aromatic rings. The Balaban J connectivity index is 1.88. The number of nitrogens with one attached hydrogen (secondary N) is 2. The third kappa shape index (κ3) is 3.61. The molecule has 0 aliphatic heterocycles. The van der Waals surface area contributed by atoms with E-state index in [1.54, 1.807) is 37.3 Å². The summed E-state index contributed by atoms with van der Waals surface area (Å²) in [5.41, 5.74) is 1.29. The zero-order valence-electron chi connectivity index (χ0n) is 16.0. The van der Waals surface area contributed by atoms with Crippen molar-refractivity contribution in [3.05, 3.63) is 64.5 Å². The first-order valence-electron chi connectivity index (χ1n) is 8.72. The number of sulfone groups is 1. The van der Waals surface area contributed by atoms with Crippen molar-refractivity contribution in [2.24, 2.45) is 0 Å². The highest BCUT2D eigenvalue weighted by atomic mass is 32.2. The Bertz CT molecular complexity index is 1380. The molecule has 10 heteroatoms. The number of H-pyrrole nitrogens is 1. The SMILES string of the molecule is Cc1cc(Nc2cc3c(cn2)c(=O)[nH]n3-c2ccccc2S(C)(=O)=O)nc(C)n1. The first-order valence-corrected chi connectivity index (χ1v) is 10.6. The highest BCUT2D eigenvalue weighted by molar-refractivity contribution is 7.90. The Kier molecular flexibility index (Phi) is 4.42. The summed E-state index contributed by atoms with van der Waals surface area (Å²) >= 11 is 0. The van der Waals surface area contributed by atoms with Gasteiger partial charge in [-0.3, -0.25) is 14.6 Å². The first kappa shape index (κ1) is 18.8. The van der Waals surface area contributed by atoms with Gasteiger partial charge in [0.15, 0.2) is 9.84 Å². The molecular weight excluding hydrogens is 392 g/mol. The van der Waals surface area contributed by atoms with Crippen molar-refractivity contribution in [1.82, 2.24) is 24.7 Å². The number of anilines is 2. The van der Waals surface area contributed by atoms with Crippen molar-refractivity contribution >= 4 is 32.4 Å². The van der Waals surface area contributed by atoms with Crippen LogP contribution in [-0.4, -0.2) is 39.4 Å². The van der Waals surface area contributed by atoms with Gasteiger partial charge < -0.3 is 5.32 Å². The topological polar surface area (TPSA) is 123 Å². The van der Waals surface area contributed by atoms with E-state index in [0.717, 1.165) is 11.9 Å². The van der Waals surface area contributed by atoms with Gasteiger partial charge in [0.25, 0.3) is 5.56 Å². The largest absolute Gasteiger partial charge is 0.325 e. The van der Waals surface area contributed by atoms with Gasteiger partial charge in [-0.1, -0.05) is 12.1 Å². The molecule has 0 atom stereocenters. The van der Waals surface area contributed by atoms with Crippen molar-refractivity contribution in [1.29, 1.82) is 0 Å². The van der Waals surface area contributed by atoms with Crippen LogP contribution in [0.4, 0.5) is 11.6 Å². The molecule has 1 aromatic carbocycles. The van der Waals surface area contributed by atoms with Crippen molar-refractivity contribution in [3.63, 3.8) is 0 Å². The highest BCUT2D eigenvalue weighted by Gasteiger charge is 2.18. The van der Waals surface area contributed by atoms with E-state index < -0.39 is 9.84 Å². The summed E-state index contributed by atoms with van der Waals surface area (Å²) in [7, 11) is -3.50. The number of benzene rings is 1. The number of rotatable bonds is 4. The summed E-state index contributed by atoms with van der Waals surface area (Å²) in [4.78, 5) is 25.3. The minimum atomic E-state index is -3.50. The average Bonchev–Trinajstić information content (AvgIpc) is 2.96. The number of fused-ring (bicyclic) bond motifs is 1. The lowest BCUT2D eigenvalue weighted by atomic mass is 10.3. The third-order valence-corrected chi connectivity index (χ3v) is 5.45. The van der Waals surface area contributed by atoms with Gasteiger partial charge in [-0.05, 0) is 26.0 Å². The second-order valence-corrected chi connectivity index (χ2v) is 8.65.